The van der Waals surface area contributed by atoms with Crippen molar-refractivity contribution in [2.75, 3.05) is 13.2 Å². The average molecular weight is 1020 g/mol. The van der Waals surface area contributed by atoms with E-state index in [1.54, 1.807) is 0 Å². The molecule has 0 spiro atoms. The van der Waals surface area contributed by atoms with Gasteiger partial charge in [-0.15, -0.1) is 0 Å². The third-order valence-electron chi connectivity index (χ3n) is 14.7. The molecule has 0 radical (unpaired) electrons. The van der Waals surface area contributed by atoms with Gasteiger partial charge in [0.05, 0.1) is 0 Å². The molecule has 2 saturated heterocycles. The van der Waals surface area contributed by atoms with Gasteiger partial charge in [-0.05, 0) is 38.5 Å². The number of aliphatic hydroxyl groups excluding tert-OH is 6. The third-order valence-corrected chi connectivity index (χ3v) is 14.7. The van der Waals surface area contributed by atoms with Crippen molar-refractivity contribution in [3.05, 3.63) is 0 Å². The summed E-state index contributed by atoms with van der Waals surface area (Å²) in [6.45, 7) is 3.63. The lowest BCUT2D eigenvalue weighted by Gasteiger charge is -2.44. The zero-order valence-corrected chi connectivity index (χ0v) is 44.9. The first-order valence-electron chi connectivity index (χ1n) is 29.3. The van der Waals surface area contributed by atoms with Gasteiger partial charge in [-0.1, -0.05) is 206 Å². The quantitative estimate of drug-likeness (QED) is 0.0209. The summed E-state index contributed by atoms with van der Waals surface area (Å²) in [6, 6.07) is 0.540. The number of rotatable bonds is 46. The topological polar surface area (TPSA) is 254 Å². The Kier molecular flexibility index (Phi) is 39.5. The average Bonchev–Trinajstić information content (AvgIpc) is 3.36. The van der Waals surface area contributed by atoms with E-state index in [-0.39, 0.29) is 24.9 Å². The maximum Gasteiger partial charge on any atom is 0.305 e. The lowest BCUT2D eigenvalue weighted by atomic mass is 9.98. The number of unbranched alkanes of at least 4 members (excludes halogenated alkanes) is 28. The fourth-order valence-corrected chi connectivity index (χ4v) is 9.80. The first-order chi connectivity index (χ1) is 34.4. The van der Waals surface area contributed by atoms with Crippen molar-refractivity contribution in [3.8, 4) is 0 Å². The Balaban J connectivity index is 1.57. The Morgan fingerprint density at radius 2 is 0.634 bits per heavy atom. The molecule has 0 amide bonds. The summed E-state index contributed by atoms with van der Waals surface area (Å²) >= 11 is 0. The molecule has 12 atom stereocenters. The number of carbonyl (C=O) groups excluding carboxylic acids is 2. The predicted molar refractivity (Wildman–Crippen MR) is 279 cm³/mol. The molecule has 2 unspecified atom stereocenters. The van der Waals surface area contributed by atoms with E-state index in [2.05, 4.69) is 13.8 Å². The minimum Gasteiger partial charge on any atom is -0.463 e. The Bertz CT molecular complexity index is 1180. The van der Waals surface area contributed by atoms with Gasteiger partial charge >= 0.3 is 11.9 Å². The largest absolute Gasteiger partial charge is 0.463 e. The molecule has 0 saturated carbocycles. The van der Waals surface area contributed by atoms with E-state index >= 15 is 0 Å². The number of aliphatic hydroxyl groups is 6. The first kappa shape index (κ1) is 65.6. The van der Waals surface area contributed by atoms with E-state index in [0.29, 0.717) is 12.8 Å². The zero-order chi connectivity index (χ0) is 51.9. The summed E-state index contributed by atoms with van der Waals surface area (Å²) in [5.74, 6) is -1.00. The number of esters is 2. The van der Waals surface area contributed by atoms with Crippen LogP contribution in [0.5, 0.6) is 0 Å². The Hall–Kier alpha value is -1.50. The smallest absolute Gasteiger partial charge is 0.305 e. The van der Waals surface area contributed by atoms with Crippen LogP contribution < -0.4 is 11.5 Å². The Morgan fingerprint density at radius 1 is 0.380 bits per heavy atom. The second kappa shape index (κ2) is 42.7. The minimum atomic E-state index is -1.81. The van der Waals surface area contributed by atoms with Crippen LogP contribution in [-0.4, -0.2) is 129 Å². The van der Waals surface area contributed by atoms with Crippen LogP contribution in [0, 0.1) is 0 Å². The highest BCUT2D eigenvalue weighted by molar-refractivity contribution is 5.69. The van der Waals surface area contributed by atoms with Gasteiger partial charge in [0, 0.05) is 24.9 Å². The fourth-order valence-electron chi connectivity index (χ4n) is 9.80. The van der Waals surface area contributed by atoms with Crippen LogP contribution in [0.15, 0.2) is 0 Å². The molecular formula is C56H108N2O13. The van der Waals surface area contributed by atoms with Crippen LogP contribution >= 0.6 is 0 Å². The van der Waals surface area contributed by atoms with Crippen LogP contribution in [0.25, 0.3) is 0 Å². The van der Waals surface area contributed by atoms with Crippen molar-refractivity contribution in [1.82, 2.24) is 0 Å². The van der Waals surface area contributed by atoms with Gasteiger partial charge in [-0.3, -0.25) is 9.59 Å². The van der Waals surface area contributed by atoms with Gasteiger partial charge < -0.3 is 65.8 Å². The number of ether oxygens (including phenoxy) is 5. The molecule has 10 N–H and O–H groups in total. The van der Waals surface area contributed by atoms with Crippen LogP contribution in [0.1, 0.15) is 258 Å². The standard InChI is InChI=1S/C56H108N2O13/c1-3-5-7-9-11-13-15-17-23-29-35-43(57)37-31-25-19-21-27-33-39-47(59)67-41-45-49(61)51(63)53(65)55(69-45)71-56-54(66)52(64)50(62)46(70-56)42-68-48(60)40-34-28-22-20-26-32-38-44(58)36-30-24-18-16-14-12-10-8-6-4-2/h43-46,49-56,61-66H,3-42,57-58H2,1-2H3/t43?,44?,45-,46+,49-,50+,51+,52-,53-,54+,55-,56+. The second-order valence-corrected chi connectivity index (χ2v) is 21.3. The molecule has 2 rings (SSSR count). The fraction of sp³-hybridized carbons (Fsp3) is 0.964. The molecule has 420 valence electrons. The predicted octanol–water partition coefficient (Wildman–Crippen LogP) is 9.22. The van der Waals surface area contributed by atoms with E-state index in [0.717, 1.165) is 89.9 Å². The van der Waals surface area contributed by atoms with Crippen LogP contribution in [0.3, 0.4) is 0 Å². The van der Waals surface area contributed by atoms with Gasteiger partial charge in [0.25, 0.3) is 0 Å². The van der Waals surface area contributed by atoms with Crippen molar-refractivity contribution >= 4 is 11.9 Å². The van der Waals surface area contributed by atoms with E-state index in [1.165, 1.54) is 128 Å². The molecule has 2 aliphatic heterocycles. The molecular weight excluding hydrogens is 909 g/mol. The highest BCUT2D eigenvalue weighted by atomic mass is 16.8. The van der Waals surface area contributed by atoms with E-state index in [1.807, 2.05) is 0 Å². The van der Waals surface area contributed by atoms with E-state index in [9.17, 15) is 40.2 Å². The third kappa shape index (κ3) is 31.2. The van der Waals surface area contributed by atoms with Crippen LogP contribution in [0.4, 0.5) is 0 Å². The summed E-state index contributed by atoms with van der Waals surface area (Å²) < 4.78 is 27.7. The van der Waals surface area contributed by atoms with Crippen molar-refractivity contribution in [2.45, 2.75) is 331 Å². The molecule has 15 nitrogen and oxygen atoms in total. The first-order valence-corrected chi connectivity index (χ1v) is 29.3. The van der Waals surface area contributed by atoms with Crippen LogP contribution in [-0.2, 0) is 33.3 Å². The van der Waals surface area contributed by atoms with Gasteiger partial charge in [0.1, 0.15) is 62.0 Å². The molecule has 15 heteroatoms. The molecule has 2 heterocycles. The number of carbonyl (C=O) groups is 2. The summed E-state index contributed by atoms with van der Waals surface area (Å²) in [4.78, 5) is 25.1. The molecule has 2 aliphatic rings. The molecule has 2 fully saturated rings. The molecule has 0 aromatic carbocycles. The minimum absolute atomic E-state index is 0.168. The number of hydrogen-bond acceptors (Lipinski definition) is 15. The Morgan fingerprint density at radius 3 is 0.915 bits per heavy atom. The lowest BCUT2D eigenvalue weighted by molar-refractivity contribution is -0.376. The maximum atomic E-state index is 12.6. The zero-order valence-electron chi connectivity index (χ0n) is 44.9. The molecule has 0 aliphatic carbocycles. The maximum absolute atomic E-state index is 12.6. The normalized spacial score (nSPS) is 25.5. The summed E-state index contributed by atoms with van der Waals surface area (Å²) in [5, 5.41) is 63.8. The lowest BCUT2D eigenvalue weighted by Crippen LogP contribution is -2.64. The molecule has 0 bridgehead atoms. The molecule has 0 aromatic heterocycles. The van der Waals surface area contributed by atoms with Gasteiger partial charge in [-0.2, -0.15) is 0 Å². The van der Waals surface area contributed by atoms with Crippen molar-refractivity contribution in [1.29, 1.82) is 0 Å². The van der Waals surface area contributed by atoms with Gasteiger partial charge in [-0.25, -0.2) is 0 Å². The van der Waals surface area contributed by atoms with Crippen molar-refractivity contribution in [3.63, 3.8) is 0 Å². The number of nitrogens with two attached hydrogens (primary N) is 2. The van der Waals surface area contributed by atoms with Crippen LogP contribution in [0.2, 0.25) is 0 Å². The second-order valence-electron chi connectivity index (χ2n) is 21.3. The molecule has 71 heavy (non-hydrogen) atoms. The monoisotopic (exact) mass is 1020 g/mol. The van der Waals surface area contributed by atoms with Gasteiger partial charge in [0.15, 0.2) is 12.6 Å². The number of hydrogen-bond donors (Lipinski definition) is 8. The summed E-state index contributed by atoms with van der Waals surface area (Å²) in [6.07, 6.45) is 26.3. The van der Waals surface area contributed by atoms with E-state index < -0.39 is 86.6 Å². The highest BCUT2D eigenvalue weighted by Gasteiger charge is 2.50. The van der Waals surface area contributed by atoms with Gasteiger partial charge in [0.2, 0.25) is 0 Å². The van der Waals surface area contributed by atoms with E-state index in [4.69, 9.17) is 35.2 Å². The molecule has 0 aromatic rings. The Labute approximate surface area is 430 Å². The summed E-state index contributed by atoms with van der Waals surface area (Å²) in [5.41, 5.74) is 12.7. The van der Waals surface area contributed by atoms with Crippen molar-refractivity contribution < 1.29 is 63.9 Å². The SMILES string of the molecule is CCCCCCCCCCCCC(N)CCCCCCCCC(=O)OC[C@@H]1O[C@@H](O[C@H]2O[C@H](COC(=O)CCCCCCCCC(N)CCCCCCCCCCCC)[C@@H](O)[C@H](O)[C@H]2O)[C@@H](O)[C@H](O)[C@H]1O. The van der Waals surface area contributed by atoms with Crippen molar-refractivity contribution in [2.24, 2.45) is 11.5 Å². The highest BCUT2D eigenvalue weighted by Crippen LogP contribution is 2.29. The summed E-state index contributed by atoms with van der Waals surface area (Å²) in [7, 11) is 0.